The van der Waals surface area contributed by atoms with E-state index in [-0.39, 0.29) is 18.1 Å². The van der Waals surface area contributed by atoms with Crippen LogP contribution in [0.5, 0.6) is 0 Å². The van der Waals surface area contributed by atoms with Gasteiger partial charge in [-0.3, -0.25) is 4.79 Å². The number of carbonyl (C=O) groups is 1. The van der Waals surface area contributed by atoms with Gasteiger partial charge in [-0.25, -0.2) is 0 Å². The standard InChI is InChI=1S/C9H18N2O2/c1-6(12)5-10-8-3-4-9(13)11-7(8)2/h6-8,10,12H,3-5H2,1-2H3,(H,11,13)/t6-,7?,8?/m0/s1. The highest BCUT2D eigenvalue weighted by Gasteiger charge is 2.24. The molecule has 3 atom stereocenters. The minimum absolute atomic E-state index is 0.127. The molecule has 3 N–H and O–H groups in total. The van der Waals surface area contributed by atoms with Crippen LogP contribution in [0, 0.1) is 0 Å². The third-order valence-electron chi connectivity index (χ3n) is 2.35. The molecule has 4 nitrogen and oxygen atoms in total. The van der Waals surface area contributed by atoms with Gasteiger partial charge >= 0.3 is 0 Å². The first-order valence-electron chi connectivity index (χ1n) is 4.80. The molecule has 1 aliphatic rings. The molecule has 1 aliphatic heterocycles. The van der Waals surface area contributed by atoms with Crippen LogP contribution in [0.1, 0.15) is 26.7 Å². The van der Waals surface area contributed by atoms with Crippen molar-refractivity contribution >= 4 is 5.91 Å². The fraction of sp³-hybridized carbons (Fsp3) is 0.889. The van der Waals surface area contributed by atoms with Gasteiger partial charge in [0.1, 0.15) is 0 Å². The quantitative estimate of drug-likeness (QED) is 0.563. The molecular formula is C9H18N2O2. The Hall–Kier alpha value is -0.610. The topological polar surface area (TPSA) is 61.4 Å². The first-order chi connectivity index (χ1) is 6.09. The van der Waals surface area contributed by atoms with Crippen LogP contribution in [0.2, 0.25) is 0 Å². The summed E-state index contributed by atoms with van der Waals surface area (Å²) in [4.78, 5) is 11.0. The maximum atomic E-state index is 11.0. The van der Waals surface area contributed by atoms with E-state index in [0.29, 0.717) is 19.0 Å². The molecule has 13 heavy (non-hydrogen) atoms. The van der Waals surface area contributed by atoms with Crippen LogP contribution in [0.3, 0.4) is 0 Å². The number of hydrogen-bond acceptors (Lipinski definition) is 3. The summed E-state index contributed by atoms with van der Waals surface area (Å²) in [5, 5.41) is 15.2. The van der Waals surface area contributed by atoms with Crippen molar-refractivity contribution in [1.29, 1.82) is 0 Å². The van der Waals surface area contributed by atoms with E-state index in [0.717, 1.165) is 6.42 Å². The van der Waals surface area contributed by atoms with Crippen LogP contribution in [0.25, 0.3) is 0 Å². The molecule has 1 rings (SSSR count). The van der Waals surface area contributed by atoms with Crippen molar-refractivity contribution in [1.82, 2.24) is 10.6 Å². The van der Waals surface area contributed by atoms with Crippen molar-refractivity contribution in [2.75, 3.05) is 6.54 Å². The maximum Gasteiger partial charge on any atom is 0.220 e. The van der Waals surface area contributed by atoms with E-state index in [9.17, 15) is 4.79 Å². The zero-order chi connectivity index (χ0) is 9.84. The third-order valence-corrected chi connectivity index (χ3v) is 2.35. The summed E-state index contributed by atoms with van der Waals surface area (Å²) in [6.07, 6.45) is 1.12. The summed E-state index contributed by atoms with van der Waals surface area (Å²) in [5.41, 5.74) is 0. The highest BCUT2D eigenvalue weighted by atomic mass is 16.3. The molecule has 0 aromatic heterocycles. The number of hydrogen-bond donors (Lipinski definition) is 3. The van der Waals surface area contributed by atoms with Crippen molar-refractivity contribution < 1.29 is 9.90 Å². The number of aliphatic hydroxyl groups is 1. The normalized spacial score (nSPS) is 31.2. The Morgan fingerprint density at radius 3 is 3.00 bits per heavy atom. The fourth-order valence-corrected chi connectivity index (χ4v) is 1.56. The molecule has 1 fully saturated rings. The maximum absolute atomic E-state index is 11.0. The number of nitrogens with one attached hydrogen (secondary N) is 2. The molecule has 0 spiro atoms. The van der Waals surface area contributed by atoms with Gasteiger partial charge in [0.2, 0.25) is 5.91 Å². The molecule has 0 aliphatic carbocycles. The van der Waals surface area contributed by atoms with Crippen LogP contribution in [-0.2, 0) is 4.79 Å². The third kappa shape index (κ3) is 3.32. The zero-order valence-corrected chi connectivity index (χ0v) is 8.21. The van der Waals surface area contributed by atoms with Gasteiger partial charge in [-0.2, -0.15) is 0 Å². The number of aliphatic hydroxyl groups excluding tert-OH is 1. The van der Waals surface area contributed by atoms with Gasteiger partial charge in [-0.1, -0.05) is 0 Å². The molecular weight excluding hydrogens is 168 g/mol. The Labute approximate surface area is 78.7 Å². The van der Waals surface area contributed by atoms with Crippen LogP contribution in [-0.4, -0.2) is 35.7 Å². The van der Waals surface area contributed by atoms with Gasteiger partial charge in [0.05, 0.1) is 6.10 Å². The van der Waals surface area contributed by atoms with E-state index in [2.05, 4.69) is 10.6 Å². The molecule has 0 aromatic rings. The summed E-state index contributed by atoms with van der Waals surface area (Å²) in [7, 11) is 0. The van der Waals surface area contributed by atoms with Crippen molar-refractivity contribution in [3.63, 3.8) is 0 Å². The number of piperidine rings is 1. The molecule has 0 radical (unpaired) electrons. The highest BCUT2D eigenvalue weighted by Crippen LogP contribution is 2.08. The predicted octanol–water partition coefficient (Wildman–Crippen LogP) is -0.376. The second kappa shape index (κ2) is 4.58. The van der Waals surface area contributed by atoms with Gasteiger partial charge in [-0.05, 0) is 20.3 Å². The molecule has 1 heterocycles. The Morgan fingerprint density at radius 2 is 2.46 bits per heavy atom. The first-order valence-corrected chi connectivity index (χ1v) is 4.80. The van der Waals surface area contributed by atoms with Crippen LogP contribution in [0.15, 0.2) is 0 Å². The second-order valence-corrected chi connectivity index (χ2v) is 3.76. The summed E-state index contributed by atoms with van der Waals surface area (Å²) in [6.45, 7) is 4.32. The van der Waals surface area contributed by atoms with E-state index in [1.807, 2.05) is 6.92 Å². The van der Waals surface area contributed by atoms with Gasteiger partial charge in [0, 0.05) is 25.0 Å². The molecule has 0 bridgehead atoms. The molecule has 76 valence electrons. The summed E-state index contributed by atoms with van der Waals surface area (Å²) >= 11 is 0. The van der Waals surface area contributed by atoms with Crippen LogP contribution >= 0.6 is 0 Å². The minimum Gasteiger partial charge on any atom is -0.392 e. The second-order valence-electron chi connectivity index (χ2n) is 3.76. The monoisotopic (exact) mass is 186 g/mol. The lowest BCUT2D eigenvalue weighted by Gasteiger charge is -2.30. The predicted molar refractivity (Wildman–Crippen MR) is 50.3 cm³/mol. The first kappa shape index (κ1) is 10.5. The zero-order valence-electron chi connectivity index (χ0n) is 8.21. The van der Waals surface area contributed by atoms with E-state index < -0.39 is 0 Å². The molecule has 1 amide bonds. The molecule has 2 unspecified atom stereocenters. The fourth-order valence-electron chi connectivity index (χ4n) is 1.56. The average molecular weight is 186 g/mol. The Balaban J connectivity index is 2.29. The summed E-state index contributed by atoms with van der Waals surface area (Å²) in [5.74, 6) is 0.127. The molecule has 0 saturated carbocycles. The largest absolute Gasteiger partial charge is 0.392 e. The molecule has 4 heteroatoms. The summed E-state index contributed by atoms with van der Waals surface area (Å²) < 4.78 is 0. The van der Waals surface area contributed by atoms with Crippen molar-refractivity contribution in [2.24, 2.45) is 0 Å². The van der Waals surface area contributed by atoms with Crippen molar-refractivity contribution in [3.05, 3.63) is 0 Å². The van der Waals surface area contributed by atoms with Crippen molar-refractivity contribution in [2.45, 2.75) is 44.9 Å². The number of rotatable bonds is 3. The van der Waals surface area contributed by atoms with E-state index in [1.54, 1.807) is 6.92 Å². The lowest BCUT2D eigenvalue weighted by Crippen LogP contribution is -2.53. The van der Waals surface area contributed by atoms with Gasteiger partial charge < -0.3 is 15.7 Å². The smallest absolute Gasteiger partial charge is 0.220 e. The Kier molecular flexibility index (Phi) is 3.69. The van der Waals surface area contributed by atoms with E-state index in [4.69, 9.17) is 5.11 Å². The number of carbonyl (C=O) groups excluding carboxylic acids is 1. The Bertz CT molecular complexity index is 182. The Morgan fingerprint density at radius 1 is 1.77 bits per heavy atom. The van der Waals surface area contributed by atoms with Crippen LogP contribution < -0.4 is 10.6 Å². The van der Waals surface area contributed by atoms with E-state index >= 15 is 0 Å². The van der Waals surface area contributed by atoms with Crippen LogP contribution in [0.4, 0.5) is 0 Å². The average Bonchev–Trinajstić information content (AvgIpc) is 2.02. The molecule has 0 aromatic carbocycles. The number of amides is 1. The van der Waals surface area contributed by atoms with Gasteiger partial charge in [0.25, 0.3) is 0 Å². The van der Waals surface area contributed by atoms with Gasteiger partial charge in [0.15, 0.2) is 0 Å². The van der Waals surface area contributed by atoms with Crippen molar-refractivity contribution in [3.8, 4) is 0 Å². The molecule has 1 saturated heterocycles. The lowest BCUT2D eigenvalue weighted by atomic mass is 9.99. The lowest BCUT2D eigenvalue weighted by molar-refractivity contribution is -0.123. The SMILES string of the molecule is CC1NC(=O)CCC1NC[C@H](C)O. The summed E-state index contributed by atoms with van der Waals surface area (Å²) in [6, 6.07) is 0.465. The minimum atomic E-state index is -0.329. The van der Waals surface area contributed by atoms with Gasteiger partial charge in [-0.15, -0.1) is 0 Å². The highest BCUT2D eigenvalue weighted by molar-refractivity contribution is 5.77. The van der Waals surface area contributed by atoms with E-state index in [1.165, 1.54) is 0 Å².